The third-order valence-corrected chi connectivity index (χ3v) is 9.04. The SMILES string of the molecule is COc1cc(-c2cc(Cl)c(Sc3ncccc3CO)c(CNC(=O)OCC3c4ccccc4-c4ccccc43)c2)ccn1. The molecule has 0 atom stereocenters. The van der Waals surface area contributed by atoms with Crippen molar-refractivity contribution in [2.24, 2.45) is 0 Å². The summed E-state index contributed by atoms with van der Waals surface area (Å²) < 4.78 is 11.1. The molecular weight excluding hydrogens is 582 g/mol. The highest BCUT2D eigenvalue weighted by Gasteiger charge is 2.29. The molecule has 3 aromatic carbocycles. The number of hydrogen-bond acceptors (Lipinski definition) is 7. The van der Waals surface area contributed by atoms with E-state index in [4.69, 9.17) is 21.1 Å². The Balaban J connectivity index is 1.24. The first-order valence-electron chi connectivity index (χ1n) is 13.7. The highest BCUT2D eigenvalue weighted by atomic mass is 35.5. The van der Waals surface area contributed by atoms with E-state index < -0.39 is 6.09 Å². The Bertz CT molecular complexity index is 1750. The minimum absolute atomic E-state index is 0.0373. The van der Waals surface area contributed by atoms with E-state index in [2.05, 4.69) is 39.6 Å². The van der Waals surface area contributed by atoms with Gasteiger partial charge in [-0.2, -0.15) is 0 Å². The van der Waals surface area contributed by atoms with Crippen LogP contribution in [0.5, 0.6) is 5.88 Å². The number of fused-ring (bicyclic) bond motifs is 3. The number of aliphatic hydroxyl groups is 1. The van der Waals surface area contributed by atoms with Crippen LogP contribution in [0.25, 0.3) is 22.3 Å². The number of benzene rings is 3. The molecule has 2 aromatic heterocycles. The summed E-state index contributed by atoms with van der Waals surface area (Å²) in [5, 5.41) is 13.9. The van der Waals surface area contributed by atoms with Gasteiger partial charge in [-0.25, -0.2) is 14.8 Å². The Morgan fingerprint density at radius 2 is 1.65 bits per heavy atom. The zero-order valence-electron chi connectivity index (χ0n) is 23.3. The number of ether oxygens (including phenoxy) is 2. The first-order valence-corrected chi connectivity index (χ1v) is 14.9. The van der Waals surface area contributed by atoms with Crippen LogP contribution in [-0.4, -0.2) is 34.9 Å². The number of aromatic nitrogens is 2. The first kappa shape index (κ1) is 28.7. The Kier molecular flexibility index (Phi) is 8.60. The lowest BCUT2D eigenvalue weighted by Crippen LogP contribution is -2.26. The van der Waals surface area contributed by atoms with E-state index in [1.54, 1.807) is 25.6 Å². The summed E-state index contributed by atoms with van der Waals surface area (Å²) in [4.78, 5) is 22.4. The number of halogens is 1. The topological polar surface area (TPSA) is 93.6 Å². The second kappa shape index (κ2) is 12.9. The van der Waals surface area contributed by atoms with Gasteiger partial charge in [-0.15, -0.1) is 0 Å². The predicted molar refractivity (Wildman–Crippen MR) is 167 cm³/mol. The Hall–Kier alpha value is -4.37. The van der Waals surface area contributed by atoms with Crippen molar-refractivity contribution in [2.75, 3.05) is 13.7 Å². The monoisotopic (exact) mass is 609 g/mol. The molecule has 2 heterocycles. The molecule has 0 saturated heterocycles. The molecule has 1 aliphatic carbocycles. The zero-order chi connectivity index (χ0) is 29.8. The summed E-state index contributed by atoms with van der Waals surface area (Å²) in [5.41, 5.74) is 7.79. The number of aliphatic hydroxyl groups excluding tert-OH is 1. The number of carbonyl (C=O) groups excluding carboxylic acids is 1. The number of alkyl carbamates (subject to hydrolysis) is 1. The number of nitrogens with one attached hydrogen (secondary N) is 1. The van der Waals surface area contributed by atoms with Crippen LogP contribution >= 0.6 is 23.4 Å². The molecule has 1 aliphatic rings. The summed E-state index contributed by atoms with van der Waals surface area (Å²) in [6.07, 6.45) is 2.81. The van der Waals surface area contributed by atoms with Gasteiger partial charge < -0.3 is 19.9 Å². The third-order valence-electron chi connectivity index (χ3n) is 7.38. The van der Waals surface area contributed by atoms with Gasteiger partial charge in [0.15, 0.2) is 0 Å². The molecule has 216 valence electrons. The number of pyridine rings is 2. The van der Waals surface area contributed by atoms with Gasteiger partial charge in [0, 0.05) is 41.4 Å². The summed E-state index contributed by atoms with van der Waals surface area (Å²) in [5.74, 6) is 0.441. The van der Waals surface area contributed by atoms with E-state index >= 15 is 0 Å². The summed E-state index contributed by atoms with van der Waals surface area (Å²) in [6.45, 7) is 0.221. The maximum atomic E-state index is 13.0. The van der Waals surface area contributed by atoms with Crippen LogP contribution in [0.3, 0.4) is 0 Å². The average molecular weight is 610 g/mol. The first-order chi connectivity index (χ1) is 21.1. The van der Waals surface area contributed by atoms with Gasteiger partial charge >= 0.3 is 6.09 Å². The minimum Gasteiger partial charge on any atom is -0.481 e. The van der Waals surface area contributed by atoms with Crippen LogP contribution in [0.1, 0.15) is 28.2 Å². The smallest absolute Gasteiger partial charge is 0.407 e. The van der Waals surface area contributed by atoms with Gasteiger partial charge in [0.25, 0.3) is 0 Å². The molecule has 0 radical (unpaired) electrons. The van der Waals surface area contributed by atoms with Gasteiger partial charge in [0.2, 0.25) is 5.88 Å². The third kappa shape index (κ3) is 6.08. The lowest BCUT2D eigenvalue weighted by atomic mass is 9.98. The van der Waals surface area contributed by atoms with Crippen molar-refractivity contribution in [1.82, 2.24) is 15.3 Å². The maximum Gasteiger partial charge on any atom is 0.407 e. The minimum atomic E-state index is -0.529. The number of amides is 1. The normalized spacial score (nSPS) is 12.0. The molecule has 1 amide bonds. The van der Waals surface area contributed by atoms with E-state index in [1.807, 2.05) is 54.6 Å². The van der Waals surface area contributed by atoms with Gasteiger partial charge in [0.05, 0.1) is 18.7 Å². The molecule has 0 aliphatic heterocycles. The largest absolute Gasteiger partial charge is 0.481 e. The molecule has 9 heteroatoms. The van der Waals surface area contributed by atoms with Gasteiger partial charge in [-0.1, -0.05) is 78.0 Å². The second-order valence-corrected chi connectivity index (χ2v) is 11.3. The van der Waals surface area contributed by atoms with Crippen molar-refractivity contribution < 1.29 is 19.4 Å². The van der Waals surface area contributed by atoms with Crippen molar-refractivity contribution in [3.05, 3.63) is 125 Å². The number of hydrogen-bond donors (Lipinski definition) is 2. The van der Waals surface area contributed by atoms with E-state index in [1.165, 1.54) is 22.9 Å². The highest BCUT2D eigenvalue weighted by Crippen LogP contribution is 2.44. The van der Waals surface area contributed by atoms with Crippen LogP contribution in [0.2, 0.25) is 5.02 Å². The summed E-state index contributed by atoms with van der Waals surface area (Å²) >= 11 is 8.20. The Labute approximate surface area is 258 Å². The molecule has 0 unspecified atom stereocenters. The van der Waals surface area contributed by atoms with E-state index in [0.29, 0.717) is 21.5 Å². The van der Waals surface area contributed by atoms with Crippen molar-refractivity contribution >= 4 is 29.5 Å². The molecule has 0 spiro atoms. The zero-order valence-corrected chi connectivity index (χ0v) is 24.9. The predicted octanol–water partition coefficient (Wildman–Crippen LogP) is 7.49. The Morgan fingerprint density at radius 1 is 0.907 bits per heavy atom. The lowest BCUT2D eigenvalue weighted by Gasteiger charge is -2.17. The van der Waals surface area contributed by atoms with Crippen molar-refractivity contribution in [2.45, 2.75) is 29.0 Å². The molecule has 0 saturated carbocycles. The summed E-state index contributed by atoms with van der Waals surface area (Å²) in [7, 11) is 1.56. The van der Waals surface area contributed by atoms with Crippen LogP contribution in [0.15, 0.2) is 107 Å². The molecule has 43 heavy (non-hydrogen) atoms. The average Bonchev–Trinajstić information content (AvgIpc) is 3.37. The van der Waals surface area contributed by atoms with Crippen LogP contribution in [-0.2, 0) is 17.9 Å². The standard InChI is InChI=1S/C34H28ClN3O4S/c1-41-31-17-21(12-14-36-31)23-15-24(32(30(35)16-23)43-33-22(19-39)7-6-13-37-33)18-38-34(40)42-20-29-27-10-4-2-8-25(27)26-9-3-5-11-28(26)29/h2-17,29,39H,18-20H2,1H3,(H,38,40). The quantitative estimate of drug-likeness (QED) is 0.179. The number of nitrogens with zero attached hydrogens (tertiary/aromatic N) is 2. The summed E-state index contributed by atoms with van der Waals surface area (Å²) in [6, 6.07) is 27.6. The highest BCUT2D eigenvalue weighted by molar-refractivity contribution is 7.99. The number of rotatable bonds is 9. The fraction of sp³-hybridized carbons (Fsp3) is 0.147. The van der Waals surface area contributed by atoms with Crippen molar-refractivity contribution in [3.63, 3.8) is 0 Å². The lowest BCUT2D eigenvalue weighted by molar-refractivity contribution is 0.142. The van der Waals surface area contributed by atoms with E-state index in [0.717, 1.165) is 32.7 Å². The fourth-order valence-corrected chi connectivity index (χ4v) is 6.66. The maximum absolute atomic E-state index is 13.0. The molecule has 2 N–H and O–H groups in total. The Morgan fingerprint density at radius 3 is 2.37 bits per heavy atom. The van der Waals surface area contributed by atoms with Gasteiger partial charge in [-0.3, -0.25) is 0 Å². The van der Waals surface area contributed by atoms with Crippen LogP contribution < -0.4 is 10.1 Å². The second-order valence-electron chi connectivity index (χ2n) is 9.94. The molecule has 6 rings (SSSR count). The van der Waals surface area contributed by atoms with Crippen molar-refractivity contribution in [3.8, 4) is 28.1 Å². The van der Waals surface area contributed by atoms with Crippen molar-refractivity contribution in [1.29, 1.82) is 0 Å². The van der Waals surface area contributed by atoms with E-state index in [9.17, 15) is 9.90 Å². The van der Waals surface area contributed by atoms with Gasteiger partial charge in [-0.05, 0) is 63.2 Å². The molecule has 0 fully saturated rings. The molecule has 5 aromatic rings. The van der Waals surface area contributed by atoms with Crippen LogP contribution in [0, 0.1) is 0 Å². The molecular formula is C34H28ClN3O4S. The van der Waals surface area contributed by atoms with Crippen LogP contribution in [0.4, 0.5) is 4.79 Å². The number of methoxy groups -OCH3 is 1. The molecule has 7 nitrogen and oxygen atoms in total. The van der Waals surface area contributed by atoms with Gasteiger partial charge in [0.1, 0.15) is 11.6 Å². The molecule has 0 bridgehead atoms. The number of carbonyl (C=O) groups is 1. The fourth-order valence-electron chi connectivity index (χ4n) is 5.31. The van der Waals surface area contributed by atoms with E-state index in [-0.39, 0.29) is 25.7 Å².